The highest BCUT2D eigenvalue weighted by Crippen LogP contribution is 2.33. The average molecular weight is 349 g/mol. The van der Waals surface area contributed by atoms with Crippen LogP contribution in [0.25, 0.3) is 0 Å². The van der Waals surface area contributed by atoms with Crippen LogP contribution in [-0.2, 0) is 6.54 Å². The van der Waals surface area contributed by atoms with Crippen molar-refractivity contribution in [3.05, 3.63) is 17.7 Å². The van der Waals surface area contributed by atoms with E-state index in [4.69, 9.17) is 14.2 Å². The molecule has 0 bridgehead atoms. The molecule has 0 saturated heterocycles. The van der Waals surface area contributed by atoms with E-state index in [1.165, 1.54) is 25.7 Å². The van der Waals surface area contributed by atoms with E-state index in [0.717, 1.165) is 28.9 Å². The maximum Gasteiger partial charge on any atom is 0.191 e. The summed E-state index contributed by atoms with van der Waals surface area (Å²) in [6, 6.07) is 4.21. The van der Waals surface area contributed by atoms with Crippen LogP contribution in [0.1, 0.15) is 38.2 Å². The largest absolute Gasteiger partial charge is 0.496 e. The van der Waals surface area contributed by atoms with Gasteiger partial charge in [0.1, 0.15) is 17.2 Å². The van der Waals surface area contributed by atoms with Gasteiger partial charge in [0.05, 0.1) is 33.4 Å². The van der Waals surface area contributed by atoms with Gasteiger partial charge in [0.25, 0.3) is 0 Å². The third kappa shape index (κ3) is 5.18. The fraction of sp³-hybridized carbons (Fsp3) is 0.632. The van der Waals surface area contributed by atoms with E-state index >= 15 is 0 Å². The summed E-state index contributed by atoms with van der Waals surface area (Å²) < 4.78 is 16.3. The van der Waals surface area contributed by atoms with Crippen molar-refractivity contribution < 1.29 is 14.2 Å². The minimum Gasteiger partial charge on any atom is -0.496 e. The fourth-order valence-corrected chi connectivity index (χ4v) is 3.22. The molecule has 1 fully saturated rings. The number of nitrogens with zero attached hydrogens (tertiary/aromatic N) is 1. The summed E-state index contributed by atoms with van der Waals surface area (Å²) in [6.45, 7) is 2.88. The highest BCUT2D eigenvalue weighted by Gasteiger charge is 2.19. The van der Waals surface area contributed by atoms with Gasteiger partial charge in [-0.3, -0.25) is 4.99 Å². The molecule has 0 radical (unpaired) electrons. The smallest absolute Gasteiger partial charge is 0.191 e. The van der Waals surface area contributed by atoms with Crippen molar-refractivity contribution in [3.63, 3.8) is 0 Å². The minimum absolute atomic E-state index is 0.488. The van der Waals surface area contributed by atoms with E-state index < -0.39 is 0 Å². The van der Waals surface area contributed by atoms with Crippen LogP contribution < -0.4 is 24.8 Å². The molecule has 0 aromatic heterocycles. The lowest BCUT2D eigenvalue weighted by atomic mass is 9.87. The van der Waals surface area contributed by atoms with Crippen LogP contribution in [-0.4, -0.2) is 40.4 Å². The van der Waals surface area contributed by atoms with Crippen molar-refractivity contribution in [1.29, 1.82) is 0 Å². The molecular weight excluding hydrogens is 318 g/mol. The Balaban J connectivity index is 2.03. The third-order valence-electron chi connectivity index (χ3n) is 4.83. The van der Waals surface area contributed by atoms with Crippen LogP contribution in [0.15, 0.2) is 17.1 Å². The molecule has 1 saturated carbocycles. The second kappa shape index (κ2) is 9.39. The molecule has 1 aromatic carbocycles. The summed E-state index contributed by atoms with van der Waals surface area (Å²) >= 11 is 0. The number of guanidine groups is 1. The van der Waals surface area contributed by atoms with Gasteiger partial charge >= 0.3 is 0 Å². The third-order valence-corrected chi connectivity index (χ3v) is 4.83. The number of hydrogen-bond donors (Lipinski definition) is 2. The van der Waals surface area contributed by atoms with Crippen molar-refractivity contribution >= 4 is 5.96 Å². The lowest BCUT2D eigenvalue weighted by Crippen LogP contribution is -2.44. The zero-order valence-electron chi connectivity index (χ0n) is 16.0. The first-order valence-corrected chi connectivity index (χ1v) is 8.87. The summed E-state index contributed by atoms with van der Waals surface area (Å²) in [5.74, 6) is 3.80. The molecular formula is C19H31N3O3. The molecule has 0 spiro atoms. The Kier molecular flexibility index (Phi) is 7.22. The lowest BCUT2D eigenvalue weighted by Gasteiger charge is -2.28. The van der Waals surface area contributed by atoms with Crippen LogP contribution in [0.4, 0.5) is 0 Å². The SMILES string of the molecule is CN=C(NCc1c(OC)cc(OC)cc1OC)NC1CCC(C)CC1. The van der Waals surface area contributed by atoms with Crippen LogP contribution in [0.2, 0.25) is 0 Å². The number of benzene rings is 1. The summed E-state index contributed by atoms with van der Waals surface area (Å²) in [5.41, 5.74) is 0.936. The number of nitrogens with one attached hydrogen (secondary N) is 2. The van der Waals surface area contributed by atoms with E-state index in [1.807, 2.05) is 12.1 Å². The van der Waals surface area contributed by atoms with E-state index in [9.17, 15) is 0 Å². The van der Waals surface area contributed by atoms with E-state index in [2.05, 4.69) is 22.5 Å². The van der Waals surface area contributed by atoms with Gasteiger partial charge in [-0.25, -0.2) is 0 Å². The molecule has 0 atom stereocenters. The summed E-state index contributed by atoms with van der Waals surface area (Å²) in [6.07, 6.45) is 4.93. The molecule has 6 heteroatoms. The zero-order chi connectivity index (χ0) is 18.2. The average Bonchev–Trinajstić information content (AvgIpc) is 2.65. The lowest BCUT2D eigenvalue weighted by molar-refractivity contribution is 0.329. The maximum absolute atomic E-state index is 5.50. The van der Waals surface area contributed by atoms with Crippen LogP contribution in [0.3, 0.4) is 0 Å². The number of hydrogen-bond acceptors (Lipinski definition) is 4. The Hall–Kier alpha value is -2.11. The molecule has 0 amide bonds. The molecule has 0 unspecified atom stereocenters. The number of ether oxygens (including phenoxy) is 3. The van der Waals surface area contributed by atoms with Gasteiger partial charge in [-0.05, 0) is 31.6 Å². The Morgan fingerprint density at radius 1 is 1.04 bits per heavy atom. The van der Waals surface area contributed by atoms with E-state index in [1.54, 1.807) is 28.4 Å². The zero-order valence-corrected chi connectivity index (χ0v) is 16.0. The van der Waals surface area contributed by atoms with Crippen LogP contribution in [0, 0.1) is 5.92 Å². The fourth-order valence-electron chi connectivity index (χ4n) is 3.22. The molecule has 6 nitrogen and oxygen atoms in total. The molecule has 140 valence electrons. The Morgan fingerprint density at radius 3 is 2.12 bits per heavy atom. The summed E-state index contributed by atoms with van der Waals surface area (Å²) in [7, 11) is 6.72. The maximum atomic E-state index is 5.50. The predicted octanol–water partition coefficient (Wildman–Crippen LogP) is 2.96. The second-order valence-corrected chi connectivity index (χ2v) is 6.54. The van der Waals surface area contributed by atoms with E-state index in [0.29, 0.717) is 18.3 Å². The molecule has 1 aliphatic carbocycles. The van der Waals surface area contributed by atoms with Gasteiger partial charge in [-0.1, -0.05) is 6.92 Å². The van der Waals surface area contributed by atoms with Crippen LogP contribution >= 0.6 is 0 Å². The van der Waals surface area contributed by atoms with Crippen molar-refractivity contribution in [3.8, 4) is 17.2 Å². The normalized spacial score (nSPS) is 20.8. The molecule has 25 heavy (non-hydrogen) atoms. The number of rotatable bonds is 6. The Labute approximate surface area is 151 Å². The minimum atomic E-state index is 0.488. The molecule has 0 heterocycles. The standard InChI is InChI=1S/C19H31N3O3/c1-13-6-8-14(9-7-13)22-19(20-2)21-12-16-17(24-4)10-15(23-3)11-18(16)25-5/h10-11,13-14H,6-9,12H2,1-5H3,(H2,20,21,22). The highest BCUT2D eigenvalue weighted by atomic mass is 16.5. The summed E-state index contributed by atoms with van der Waals surface area (Å²) in [4.78, 5) is 4.35. The molecule has 2 N–H and O–H groups in total. The first-order valence-electron chi connectivity index (χ1n) is 8.87. The first kappa shape index (κ1) is 19.2. The molecule has 2 rings (SSSR count). The Morgan fingerprint density at radius 2 is 1.64 bits per heavy atom. The first-order chi connectivity index (χ1) is 12.1. The topological polar surface area (TPSA) is 64.1 Å². The van der Waals surface area contributed by atoms with Crippen molar-refractivity contribution in [2.24, 2.45) is 10.9 Å². The van der Waals surface area contributed by atoms with Crippen LogP contribution in [0.5, 0.6) is 17.2 Å². The van der Waals surface area contributed by atoms with Crippen molar-refractivity contribution in [2.45, 2.75) is 45.2 Å². The van der Waals surface area contributed by atoms with Gasteiger partial charge in [0.15, 0.2) is 5.96 Å². The number of methoxy groups -OCH3 is 3. The van der Waals surface area contributed by atoms with Gasteiger partial charge in [0, 0.05) is 25.2 Å². The van der Waals surface area contributed by atoms with Gasteiger partial charge in [-0.15, -0.1) is 0 Å². The number of aliphatic imine (C=N–C) groups is 1. The molecule has 0 aliphatic heterocycles. The van der Waals surface area contributed by atoms with Gasteiger partial charge in [0.2, 0.25) is 0 Å². The van der Waals surface area contributed by atoms with Gasteiger partial charge in [-0.2, -0.15) is 0 Å². The molecule has 1 aromatic rings. The van der Waals surface area contributed by atoms with Crippen molar-refractivity contribution in [1.82, 2.24) is 10.6 Å². The second-order valence-electron chi connectivity index (χ2n) is 6.54. The van der Waals surface area contributed by atoms with Crippen molar-refractivity contribution in [2.75, 3.05) is 28.4 Å². The molecule has 1 aliphatic rings. The quantitative estimate of drug-likeness (QED) is 0.611. The van der Waals surface area contributed by atoms with E-state index in [-0.39, 0.29) is 0 Å². The highest BCUT2D eigenvalue weighted by molar-refractivity contribution is 5.80. The predicted molar refractivity (Wildman–Crippen MR) is 101 cm³/mol. The van der Waals surface area contributed by atoms with Gasteiger partial charge < -0.3 is 24.8 Å². The monoisotopic (exact) mass is 349 g/mol. The summed E-state index contributed by atoms with van der Waals surface area (Å²) in [5, 5.41) is 6.90. The Bertz CT molecular complexity index is 556.